The maximum atomic E-state index is 12.2. The topological polar surface area (TPSA) is 102 Å². The van der Waals surface area contributed by atoms with E-state index < -0.39 is 5.91 Å². The average molecular weight is 321 g/mol. The van der Waals surface area contributed by atoms with Crippen LogP contribution in [0.1, 0.15) is 33.5 Å². The number of fused-ring (bicyclic) bond motifs is 1. The number of hydrogen-bond acceptors (Lipinski definition) is 3. The van der Waals surface area contributed by atoms with E-state index in [1.54, 1.807) is 18.2 Å². The van der Waals surface area contributed by atoms with Crippen LogP contribution in [0.15, 0.2) is 53.5 Å². The number of phenols is 1. The highest BCUT2D eigenvalue weighted by atomic mass is 16.3. The van der Waals surface area contributed by atoms with Gasteiger partial charge in [-0.05, 0) is 59.4 Å². The molecule has 0 radical (unpaired) electrons. The summed E-state index contributed by atoms with van der Waals surface area (Å²) in [7, 11) is 0. The third kappa shape index (κ3) is 3.21. The summed E-state index contributed by atoms with van der Waals surface area (Å²) < 4.78 is 0. The molecule has 24 heavy (non-hydrogen) atoms. The van der Waals surface area contributed by atoms with Crippen LogP contribution in [0.4, 0.5) is 0 Å². The van der Waals surface area contributed by atoms with Crippen LogP contribution in [0.3, 0.4) is 0 Å². The molecule has 0 saturated heterocycles. The van der Waals surface area contributed by atoms with E-state index in [2.05, 4.69) is 11.1 Å². The third-order valence-electron chi connectivity index (χ3n) is 4.04. The van der Waals surface area contributed by atoms with Crippen molar-refractivity contribution < 1.29 is 9.90 Å². The number of benzene rings is 2. The molecule has 2 aromatic carbocycles. The predicted octanol–water partition coefficient (Wildman–Crippen LogP) is 2.23. The minimum atomic E-state index is -0.392. The van der Waals surface area contributed by atoms with Crippen LogP contribution in [0.2, 0.25) is 0 Å². The smallest absolute Gasteiger partial charge is 0.278 e. The van der Waals surface area contributed by atoms with E-state index in [0.717, 1.165) is 29.5 Å². The van der Waals surface area contributed by atoms with Gasteiger partial charge in [-0.2, -0.15) is 4.99 Å². The van der Waals surface area contributed by atoms with Crippen LogP contribution < -0.4 is 11.5 Å². The zero-order chi connectivity index (χ0) is 17.1. The summed E-state index contributed by atoms with van der Waals surface area (Å²) in [5, 5.41) is 9.47. The van der Waals surface area contributed by atoms with E-state index in [1.807, 2.05) is 24.3 Å². The Morgan fingerprint density at radius 2 is 1.92 bits per heavy atom. The van der Waals surface area contributed by atoms with E-state index in [4.69, 9.17) is 11.5 Å². The monoisotopic (exact) mass is 321 g/mol. The first-order valence-electron chi connectivity index (χ1n) is 7.79. The van der Waals surface area contributed by atoms with Crippen LogP contribution in [0, 0.1) is 0 Å². The molecule has 5 heteroatoms. The van der Waals surface area contributed by atoms with Crippen molar-refractivity contribution in [1.29, 1.82) is 0 Å². The summed E-state index contributed by atoms with van der Waals surface area (Å²) in [5.41, 5.74) is 15.7. The molecule has 0 atom stereocenters. The molecule has 0 saturated carbocycles. The molecule has 3 rings (SSSR count). The van der Waals surface area contributed by atoms with E-state index >= 15 is 0 Å². The lowest BCUT2D eigenvalue weighted by atomic mass is 9.86. The molecule has 0 aliphatic heterocycles. The van der Waals surface area contributed by atoms with Gasteiger partial charge < -0.3 is 16.6 Å². The Morgan fingerprint density at radius 3 is 2.62 bits per heavy atom. The fourth-order valence-electron chi connectivity index (χ4n) is 2.82. The summed E-state index contributed by atoms with van der Waals surface area (Å²) in [6.45, 7) is 0.0509. The molecule has 1 aliphatic rings. The van der Waals surface area contributed by atoms with Gasteiger partial charge in [-0.25, -0.2) is 0 Å². The zero-order valence-corrected chi connectivity index (χ0v) is 13.2. The molecule has 0 spiro atoms. The summed E-state index contributed by atoms with van der Waals surface area (Å²) >= 11 is 0. The van der Waals surface area contributed by atoms with Crippen molar-refractivity contribution in [3.8, 4) is 5.75 Å². The Balaban J connectivity index is 2.01. The lowest BCUT2D eigenvalue weighted by molar-refractivity contribution is 0.100. The van der Waals surface area contributed by atoms with Crippen molar-refractivity contribution >= 4 is 17.3 Å². The first-order chi connectivity index (χ1) is 11.6. The standard InChI is InChI=1S/C19H19N3O2/c20-11-18(21)22-19(24)14-5-4-12-2-1-3-16(17(12)10-14)13-6-8-15(23)9-7-13/h3-10,23H,1-2,11,20H2,(H2,21,22,24). The minimum Gasteiger partial charge on any atom is -0.508 e. The summed E-state index contributed by atoms with van der Waals surface area (Å²) in [4.78, 5) is 16.0. The lowest BCUT2D eigenvalue weighted by Crippen LogP contribution is -2.24. The number of rotatable bonds is 3. The highest BCUT2D eigenvalue weighted by Gasteiger charge is 2.17. The van der Waals surface area contributed by atoms with Crippen molar-refractivity contribution in [3.63, 3.8) is 0 Å². The lowest BCUT2D eigenvalue weighted by Gasteiger charge is -2.19. The normalized spacial score (nSPS) is 14.0. The second kappa shape index (κ2) is 6.68. The summed E-state index contributed by atoms with van der Waals surface area (Å²) in [6.07, 6.45) is 4.02. The highest BCUT2D eigenvalue weighted by Crippen LogP contribution is 2.33. The van der Waals surface area contributed by atoms with Crippen molar-refractivity contribution in [2.24, 2.45) is 16.5 Å². The van der Waals surface area contributed by atoms with E-state index in [1.165, 1.54) is 5.56 Å². The Labute approximate surface area is 140 Å². The molecule has 1 amide bonds. The quantitative estimate of drug-likeness (QED) is 0.596. The zero-order valence-electron chi connectivity index (χ0n) is 13.2. The number of allylic oxidation sites excluding steroid dienone is 1. The molecular weight excluding hydrogens is 302 g/mol. The second-order valence-electron chi connectivity index (χ2n) is 5.69. The van der Waals surface area contributed by atoms with Crippen LogP contribution in [0.5, 0.6) is 5.75 Å². The number of carbonyl (C=O) groups is 1. The van der Waals surface area contributed by atoms with Crippen LogP contribution >= 0.6 is 0 Å². The number of amidine groups is 1. The van der Waals surface area contributed by atoms with Gasteiger partial charge in [0, 0.05) is 5.56 Å². The van der Waals surface area contributed by atoms with Gasteiger partial charge in [0.05, 0.1) is 6.54 Å². The Bertz CT molecular complexity index is 836. The van der Waals surface area contributed by atoms with Gasteiger partial charge in [-0.1, -0.05) is 24.3 Å². The molecule has 0 bridgehead atoms. The summed E-state index contributed by atoms with van der Waals surface area (Å²) in [6, 6.07) is 12.6. The molecule has 0 unspecified atom stereocenters. The van der Waals surface area contributed by atoms with E-state index in [-0.39, 0.29) is 18.1 Å². The van der Waals surface area contributed by atoms with Gasteiger partial charge in [0.25, 0.3) is 5.91 Å². The molecule has 0 fully saturated rings. The number of phenolic OH excluding ortho intramolecular Hbond substituents is 1. The first-order valence-corrected chi connectivity index (χ1v) is 7.79. The Kier molecular flexibility index (Phi) is 4.44. The van der Waals surface area contributed by atoms with Crippen molar-refractivity contribution in [2.75, 3.05) is 6.54 Å². The van der Waals surface area contributed by atoms with E-state index in [0.29, 0.717) is 5.56 Å². The van der Waals surface area contributed by atoms with Gasteiger partial charge in [-0.15, -0.1) is 0 Å². The van der Waals surface area contributed by atoms with Crippen molar-refractivity contribution in [2.45, 2.75) is 12.8 Å². The number of aliphatic imine (C=N–C) groups is 1. The highest BCUT2D eigenvalue weighted by molar-refractivity contribution is 6.04. The number of hydrogen-bond donors (Lipinski definition) is 3. The first kappa shape index (κ1) is 16.0. The van der Waals surface area contributed by atoms with Gasteiger partial charge in [0.1, 0.15) is 11.6 Å². The average Bonchev–Trinajstić information content (AvgIpc) is 2.61. The third-order valence-corrected chi connectivity index (χ3v) is 4.04. The molecule has 1 aliphatic carbocycles. The predicted molar refractivity (Wildman–Crippen MR) is 95.0 cm³/mol. The van der Waals surface area contributed by atoms with Crippen LogP contribution in [-0.2, 0) is 6.42 Å². The molecule has 5 nitrogen and oxygen atoms in total. The number of aryl methyl sites for hydroxylation is 1. The fourth-order valence-corrected chi connectivity index (χ4v) is 2.82. The molecule has 0 aromatic heterocycles. The van der Waals surface area contributed by atoms with Gasteiger partial charge in [0.15, 0.2) is 0 Å². The van der Waals surface area contributed by atoms with Crippen molar-refractivity contribution in [3.05, 3.63) is 70.8 Å². The number of nitrogens with zero attached hydrogens (tertiary/aromatic N) is 1. The van der Waals surface area contributed by atoms with Crippen LogP contribution in [0.25, 0.3) is 5.57 Å². The second-order valence-corrected chi connectivity index (χ2v) is 5.69. The molecule has 2 aromatic rings. The number of nitrogens with two attached hydrogens (primary N) is 2. The van der Waals surface area contributed by atoms with Crippen molar-refractivity contribution in [1.82, 2.24) is 0 Å². The maximum absolute atomic E-state index is 12.2. The number of amides is 1. The molecular formula is C19H19N3O2. The maximum Gasteiger partial charge on any atom is 0.278 e. The molecule has 5 N–H and O–H groups in total. The number of carbonyl (C=O) groups excluding carboxylic acids is 1. The molecule has 0 heterocycles. The Morgan fingerprint density at radius 1 is 1.17 bits per heavy atom. The molecule has 122 valence electrons. The van der Waals surface area contributed by atoms with Crippen LogP contribution in [-0.4, -0.2) is 23.4 Å². The number of aromatic hydroxyl groups is 1. The SMILES string of the molecule is NCC(N)=NC(=O)c1ccc2c(c1)C(c1ccc(O)cc1)=CCC2. The van der Waals surface area contributed by atoms with E-state index in [9.17, 15) is 9.90 Å². The van der Waals surface area contributed by atoms with Gasteiger partial charge in [-0.3, -0.25) is 4.79 Å². The van der Waals surface area contributed by atoms with Gasteiger partial charge >= 0.3 is 0 Å². The fraction of sp³-hybridized carbons (Fsp3) is 0.158. The minimum absolute atomic E-state index is 0.0509. The summed E-state index contributed by atoms with van der Waals surface area (Å²) in [5.74, 6) is -0.0469. The largest absolute Gasteiger partial charge is 0.508 e. The van der Waals surface area contributed by atoms with Gasteiger partial charge in [0.2, 0.25) is 0 Å². The Hall–Kier alpha value is -2.92.